The summed E-state index contributed by atoms with van der Waals surface area (Å²) < 4.78 is 37.1. The number of carbonyl (C=O) groups is 1. The fraction of sp³-hybridized carbons (Fsp3) is 0.471. The van der Waals surface area contributed by atoms with Crippen LogP contribution in [-0.4, -0.2) is 47.1 Å². The maximum absolute atomic E-state index is 13.2. The molecule has 140 valence electrons. The lowest BCUT2D eigenvalue weighted by Crippen LogP contribution is -2.51. The van der Waals surface area contributed by atoms with Crippen LogP contribution in [0, 0.1) is 0 Å². The fourth-order valence-electron chi connectivity index (χ4n) is 3.03. The third-order valence-electron chi connectivity index (χ3n) is 4.57. The van der Waals surface area contributed by atoms with Crippen LogP contribution in [-0.2, 0) is 37.3 Å². The molecule has 1 aromatic heterocycles. The molecule has 1 aliphatic rings. The highest BCUT2D eigenvalue weighted by atomic mass is 32.2. The van der Waals surface area contributed by atoms with Gasteiger partial charge < -0.3 is 9.47 Å². The van der Waals surface area contributed by atoms with Gasteiger partial charge in [-0.2, -0.15) is 5.10 Å². The average molecular weight is 379 g/mol. The minimum absolute atomic E-state index is 0.0591. The summed E-state index contributed by atoms with van der Waals surface area (Å²) in [6, 6.07) is 7.98. The van der Waals surface area contributed by atoms with Gasteiger partial charge in [-0.15, -0.1) is 0 Å². The van der Waals surface area contributed by atoms with E-state index in [1.165, 1.54) is 18.5 Å². The second kappa shape index (κ2) is 7.55. The minimum atomic E-state index is -3.93. The lowest BCUT2D eigenvalue weighted by molar-refractivity contribution is -0.151. The first-order valence-corrected chi connectivity index (χ1v) is 9.91. The lowest BCUT2D eigenvalue weighted by atomic mass is 9.99. The van der Waals surface area contributed by atoms with Gasteiger partial charge >= 0.3 is 5.97 Å². The zero-order valence-corrected chi connectivity index (χ0v) is 15.3. The zero-order chi connectivity index (χ0) is 18.6. The molecule has 0 amide bonds. The Hall–Kier alpha value is -2.26. The Morgan fingerprint density at radius 2 is 1.96 bits per heavy atom. The van der Waals surface area contributed by atoms with E-state index in [0.29, 0.717) is 12.4 Å². The normalized spacial score (nSPS) is 17.0. The van der Waals surface area contributed by atoms with Gasteiger partial charge in [-0.1, -0.05) is 18.2 Å². The van der Waals surface area contributed by atoms with Gasteiger partial charge in [0.15, 0.2) is 27.0 Å². The van der Waals surface area contributed by atoms with E-state index in [-0.39, 0.29) is 37.6 Å². The third kappa shape index (κ3) is 3.24. The van der Waals surface area contributed by atoms with E-state index >= 15 is 0 Å². The number of carbonyl (C=O) groups excluding carboxylic acids is 1. The Labute approximate surface area is 152 Å². The van der Waals surface area contributed by atoms with E-state index in [0.717, 1.165) is 0 Å². The van der Waals surface area contributed by atoms with Crippen LogP contribution in [0.1, 0.15) is 25.6 Å². The monoisotopic (exact) mass is 379 g/mol. The lowest BCUT2D eigenvalue weighted by Gasteiger charge is -2.34. The molecule has 9 heteroatoms. The molecule has 2 heterocycles. The Morgan fingerprint density at radius 1 is 1.27 bits per heavy atom. The molecule has 1 aromatic carbocycles. The third-order valence-corrected chi connectivity index (χ3v) is 7.06. The SMILES string of the molecule is CCn1ncnc1COC(=O)C1(S(=O)(=O)c2ccccc2)CCOCC1. The van der Waals surface area contributed by atoms with E-state index in [1.54, 1.807) is 22.9 Å². The van der Waals surface area contributed by atoms with Gasteiger partial charge in [0.1, 0.15) is 6.33 Å². The summed E-state index contributed by atoms with van der Waals surface area (Å²) in [7, 11) is -3.93. The Balaban J connectivity index is 1.89. The number of nitrogens with zero attached hydrogens (tertiary/aromatic N) is 3. The quantitative estimate of drug-likeness (QED) is 0.699. The highest BCUT2D eigenvalue weighted by molar-refractivity contribution is 7.93. The molecule has 1 fully saturated rings. The summed E-state index contributed by atoms with van der Waals surface area (Å²) >= 11 is 0. The molecule has 1 aliphatic heterocycles. The molecule has 0 radical (unpaired) electrons. The van der Waals surface area contributed by atoms with Crippen molar-refractivity contribution in [1.29, 1.82) is 0 Å². The topological polar surface area (TPSA) is 100 Å². The van der Waals surface area contributed by atoms with Crippen LogP contribution in [0.4, 0.5) is 0 Å². The van der Waals surface area contributed by atoms with Crippen molar-refractivity contribution in [3.05, 3.63) is 42.5 Å². The molecule has 0 unspecified atom stereocenters. The first-order chi connectivity index (χ1) is 12.5. The summed E-state index contributed by atoms with van der Waals surface area (Å²) in [6.45, 7) is 2.71. The van der Waals surface area contributed by atoms with Gasteiger partial charge in [0.25, 0.3) is 0 Å². The second-order valence-corrected chi connectivity index (χ2v) is 8.25. The molecule has 3 rings (SSSR count). The summed E-state index contributed by atoms with van der Waals surface area (Å²) in [5, 5.41) is 4.01. The fourth-order valence-corrected chi connectivity index (χ4v) is 4.98. The summed E-state index contributed by atoms with van der Waals surface area (Å²) in [6.07, 6.45) is 1.49. The van der Waals surface area contributed by atoms with E-state index in [9.17, 15) is 13.2 Å². The number of esters is 1. The van der Waals surface area contributed by atoms with E-state index in [2.05, 4.69) is 10.1 Å². The largest absolute Gasteiger partial charge is 0.456 e. The van der Waals surface area contributed by atoms with Crippen molar-refractivity contribution in [3.63, 3.8) is 0 Å². The Morgan fingerprint density at radius 3 is 2.62 bits per heavy atom. The molecule has 2 aromatic rings. The van der Waals surface area contributed by atoms with Crippen LogP contribution in [0.5, 0.6) is 0 Å². The Bertz CT molecular complexity index is 858. The van der Waals surface area contributed by atoms with Crippen molar-refractivity contribution in [2.75, 3.05) is 13.2 Å². The van der Waals surface area contributed by atoms with Crippen molar-refractivity contribution >= 4 is 15.8 Å². The van der Waals surface area contributed by atoms with E-state index in [1.807, 2.05) is 6.92 Å². The standard InChI is InChI=1S/C17H21N3O5S/c1-2-20-15(18-13-19-20)12-25-16(21)17(8-10-24-11-9-17)26(22,23)14-6-4-3-5-7-14/h3-7,13H,2,8-12H2,1H3. The summed E-state index contributed by atoms with van der Waals surface area (Å²) in [5.41, 5.74) is 0. The average Bonchev–Trinajstić information content (AvgIpc) is 3.14. The molecular weight excluding hydrogens is 358 g/mol. The summed E-state index contributed by atoms with van der Waals surface area (Å²) in [5.74, 6) is -0.296. The number of hydrogen-bond acceptors (Lipinski definition) is 7. The van der Waals surface area contributed by atoms with Gasteiger partial charge in [-0.25, -0.2) is 18.1 Å². The van der Waals surface area contributed by atoms with Crippen LogP contribution in [0.2, 0.25) is 0 Å². The zero-order valence-electron chi connectivity index (χ0n) is 14.5. The number of hydrogen-bond donors (Lipinski definition) is 0. The molecule has 0 bridgehead atoms. The second-order valence-electron chi connectivity index (χ2n) is 5.99. The predicted molar refractivity (Wildman–Crippen MR) is 91.9 cm³/mol. The van der Waals surface area contributed by atoms with Gasteiger partial charge in [0.05, 0.1) is 4.90 Å². The smallest absolute Gasteiger partial charge is 0.328 e. The molecule has 0 saturated carbocycles. The van der Waals surface area contributed by atoms with Crippen molar-refractivity contribution in [1.82, 2.24) is 14.8 Å². The van der Waals surface area contributed by atoms with Gasteiger partial charge in [0.2, 0.25) is 0 Å². The molecule has 0 N–H and O–H groups in total. The van der Waals surface area contributed by atoms with Crippen LogP contribution >= 0.6 is 0 Å². The van der Waals surface area contributed by atoms with Gasteiger partial charge in [-0.05, 0) is 19.1 Å². The summed E-state index contributed by atoms with van der Waals surface area (Å²) in [4.78, 5) is 17.1. The van der Waals surface area contributed by atoms with Crippen molar-refractivity contribution < 1.29 is 22.7 Å². The van der Waals surface area contributed by atoms with Crippen molar-refractivity contribution in [2.45, 2.75) is 42.6 Å². The number of sulfone groups is 1. The highest BCUT2D eigenvalue weighted by Gasteiger charge is 2.53. The minimum Gasteiger partial charge on any atom is -0.456 e. The maximum Gasteiger partial charge on any atom is 0.328 e. The highest BCUT2D eigenvalue weighted by Crippen LogP contribution is 2.36. The molecule has 26 heavy (non-hydrogen) atoms. The maximum atomic E-state index is 13.2. The predicted octanol–water partition coefficient (Wildman–Crippen LogP) is 1.36. The van der Waals surface area contributed by atoms with Crippen LogP contribution < -0.4 is 0 Å². The first-order valence-electron chi connectivity index (χ1n) is 8.42. The molecule has 1 saturated heterocycles. The molecular formula is C17H21N3O5S. The van der Waals surface area contributed by atoms with Gasteiger partial charge in [-0.3, -0.25) is 4.79 Å². The van der Waals surface area contributed by atoms with E-state index < -0.39 is 20.6 Å². The number of ether oxygens (including phenoxy) is 2. The van der Waals surface area contributed by atoms with E-state index in [4.69, 9.17) is 9.47 Å². The molecule has 0 aliphatic carbocycles. The number of rotatable bonds is 6. The number of benzene rings is 1. The number of aryl methyl sites for hydroxylation is 1. The van der Waals surface area contributed by atoms with Crippen molar-refractivity contribution in [3.8, 4) is 0 Å². The number of aromatic nitrogens is 3. The first kappa shape index (κ1) is 18.5. The molecule has 0 atom stereocenters. The Kier molecular flexibility index (Phi) is 5.38. The van der Waals surface area contributed by atoms with Gasteiger partial charge in [0, 0.05) is 32.6 Å². The molecule has 0 spiro atoms. The molecule has 8 nitrogen and oxygen atoms in total. The van der Waals surface area contributed by atoms with Crippen LogP contribution in [0.3, 0.4) is 0 Å². The van der Waals surface area contributed by atoms with Crippen LogP contribution in [0.15, 0.2) is 41.6 Å². The van der Waals surface area contributed by atoms with Crippen molar-refractivity contribution in [2.24, 2.45) is 0 Å². The van der Waals surface area contributed by atoms with Crippen LogP contribution in [0.25, 0.3) is 0 Å².